The second-order valence-electron chi connectivity index (χ2n) is 8.39. The van der Waals surface area contributed by atoms with Gasteiger partial charge in [-0.15, -0.1) is 11.3 Å². The third-order valence-corrected chi connectivity index (χ3v) is 8.65. The summed E-state index contributed by atoms with van der Waals surface area (Å²) in [7, 11) is 3.39. The lowest BCUT2D eigenvalue weighted by atomic mass is 10.1. The van der Waals surface area contributed by atoms with Crippen LogP contribution < -0.4 is 14.2 Å². The number of hydrogen-bond donors (Lipinski definition) is 1. The minimum atomic E-state index is 0.804. The highest BCUT2D eigenvalue weighted by Gasteiger charge is 2.12. The van der Waals surface area contributed by atoms with Crippen molar-refractivity contribution >= 4 is 40.4 Å². The predicted octanol–water partition coefficient (Wildman–Crippen LogP) is 10.4. The molecule has 1 heterocycles. The first-order chi connectivity index (χ1) is 19.4. The Bertz CT molecular complexity index is 1100. The van der Waals surface area contributed by atoms with Crippen molar-refractivity contribution in [3.63, 3.8) is 0 Å². The van der Waals surface area contributed by atoms with Crippen molar-refractivity contribution in [1.82, 2.24) is 9.29 Å². The average Bonchev–Trinajstić information content (AvgIpc) is 3.46. The van der Waals surface area contributed by atoms with Crippen LogP contribution in [0.25, 0.3) is 0 Å². The lowest BCUT2D eigenvalue weighted by Gasteiger charge is -2.21. The van der Waals surface area contributed by atoms with Crippen molar-refractivity contribution in [3.05, 3.63) is 92.9 Å². The molecule has 0 spiro atoms. The molecular weight excluding hydrogens is 555 g/mol. The molecule has 0 unspecified atom stereocenters. The molecule has 0 saturated carbocycles. The van der Waals surface area contributed by atoms with E-state index in [0.29, 0.717) is 0 Å². The van der Waals surface area contributed by atoms with Gasteiger partial charge in [0.1, 0.15) is 11.5 Å². The molecule has 3 rings (SSSR count). The number of ether oxygens (including phenoxy) is 2. The van der Waals surface area contributed by atoms with Crippen LogP contribution in [0.15, 0.2) is 76.0 Å². The summed E-state index contributed by atoms with van der Waals surface area (Å²) < 4.78 is 16.4. The van der Waals surface area contributed by atoms with Gasteiger partial charge in [0.2, 0.25) is 0 Å². The van der Waals surface area contributed by atoms with E-state index in [1.807, 2.05) is 52.0 Å². The molecule has 40 heavy (non-hydrogen) atoms. The van der Waals surface area contributed by atoms with E-state index in [1.165, 1.54) is 27.2 Å². The normalized spacial score (nSPS) is 10.6. The first-order valence-electron chi connectivity index (χ1n) is 13.7. The minimum absolute atomic E-state index is 0.804. The maximum Gasteiger partial charge on any atom is 0.193 e. The summed E-state index contributed by atoms with van der Waals surface area (Å²) in [4.78, 5) is 6.04. The van der Waals surface area contributed by atoms with Crippen molar-refractivity contribution in [3.8, 4) is 11.5 Å². The van der Waals surface area contributed by atoms with Gasteiger partial charge in [-0.1, -0.05) is 75.6 Å². The fourth-order valence-electron chi connectivity index (χ4n) is 3.29. The van der Waals surface area contributed by atoms with Gasteiger partial charge in [0.25, 0.3) is 0 Å². The van der Waals surface area contributed by atoms with Crippen LogP contribution in [0.4, 0.5) is 5.13 Å². The fourth-order valence-corrected chi connectivity index (χ4v) is 5.93. The molecule has 0 aliphatic heterocycles. The number of nitrogens with one attached hydrogen (secondary N) is 1. The summed E-state index contributed by atoms with van der Waals surface area (Å²) in [5.41, 5.74) is 6.17. The van der Waals surface area contributed by atoms with Crippen molar-refractivity contribution in [2.24, 2.45) is 0 Å². The van der Waals surface area contributed by atoms with Crippen LogP contribution in [-0.4, -0.2) is 23.5 Å². The number of methoxy groups -OCH3 is 2. The molecule has 0 radical (unpaired) electrons. The second kappa shape index (κ2) is 20.5. The van der Waals surface area contributed by atoms with Gasteiger partial charge in [0.15, 0.2) is 5.13 Å². The van der Waals surface area contributed by atoms with E-state index in [9.17, 15) is 0 Å². The van der Waals surface area contributed by atoms with Gasteiger partial charge in [-0.2, -0.15) is 0 Å². The monoisotopic (exact) mass is 601 g/mol. The van der Waals surface area contributed by atoms with E-state index in [1.54, 1.807) is 49.5 Å². The van der Waals surface area contributed by atoms with Gasteiger partial charge >= 0.3 is 0 Å². The highest BCUT2D eigenvalue weighted by molar-refractivity contribution is 8.04. The van der Waals surface area contributed by atoms with Crippen LogP contribution in [0.3, 0.4) is 0 Å². The summed E-state index contributed by atoms with van der Waals surface area (Å²) in [5.74, 6) is 2.54. The van der Waals surface area contributed by atoms with Crippen LogP contribution in [0.2, 0.25) is 0 Å². The van der Waals surface area contributed by atoms with Gasteiger partial charge in [-0.25, -0.2) is 9.29 Å². The molecule has 0 aliphatic rings. The van der Waals surface area contributed by atoms with Crippen LogP contribution in [0, 0.1) is 0 Å². The molecule has 0 aliphatic carbocycles. The molecule has 3 aromatic rings. The molecule has 0 atom stereocenters. The Labute approximate surface area is 255 Å². The van der Waals surface area contributed by atoms with Gasteiger partial charge in [0, 0.05) is 23.4 Å². The van der Waals surface area contributed by atoms with Crippen molar-refractivity contribution in [1.29, 1.82) is 0 Å². The summed E-state index contributed by atoms with van der Waals surface area (Å²) >= 11 is 5.06. The number of hydrogen-bond acceptors (Lipinski definition) is 8. The molecule has 0 amide bonds. The van der Waals surface area contributed by atoms with Gasteiger partial charge < -0.3 is 14.2 Å². The largest absolute Gasteiger partial charge is 0.497 e. The SMILES string of the molecule is C/C=C(/SNc1nc(CSN(Cc2ccc(OC)cc2)Cc2ccc(OC)cc2)cs1)C(C)=C(C)C.CC.CC. The van der Waals surface area contributed by atoms with E-state index in [2.05, 4.69) is 72.4 Å². The maximum atomic E-state index is 5.31. The Hall–Kier alpha value is -2.39. The molecule has 8 heteroatoms. The summed E-state index contributed by atoms with van der Waals surface area (Å²) in [6, 6.07) is 16.5. The molecule has 2 aromatic carbocycles. The lowest BCUT2D eigenvalue weighted by molar-refractivity contribution is 0.413. The summed E-state index contributed by atoms with van der Waals surface area (Å²) in [6.07, 6.45) is 2.14. The summed E-state index contributed by atoms with van der Waals surface area (Å²) in [5, 5.41) is 3.06. The van der Waals surface area contributed by atoms with E-state index in [4.69, 9.17) is 14.5 Å². The number of aromatic nitrogens is 1. The number of thiazole rings is 1. The quantitative estimate of drug-likeness (QED) is 0.154. The van der Waals surface area contributed by atoms with E-state index >= 15 is 0 Å². The third-order valence-electron chi connectivity index (χ3n) is 5.61. The van der Waals surface area contributed by atoms with Crippen LogP contribution in [-0.2, 0) is 18.8 Å². The van der Waals surface area contributed by atoms with Crippen LogP contribution in [0.1, 0.15) is 72.2 Å². The highest BCUT2D eigenvalue weighted by atomic mass is 32.2. The maximum absolute atomic E-state index is 5.31. The molecular formula is C32H47N3O2S3. The van der Waals surface area contributed by atoms with Crippen LogP contribution >= 0.6 is 35.2 Å². The molecule has 5 nitrogen and oxygen atoms in total. The highest BCUT2D eigenvalue weighted by Crippen LogP contribution is 2.30. The van der Waals surface area contributed by atoms with E-state index < -0.39 is 0 Å². The lowest BCUT2D eigenvalue weighted by Crippen LogP contribution is -2.15. The molecule has 1 N–H and O–H groups in total. The van der Waals surface area contributed by atoms with Crippen molar-refractivity contribution < 1.29 is 9.47 Å². The number of allylic oxidation sites excluding steroid dienone is 3. The Balaban J connectivity index is 0.00000191. The third kappa shape index (κ3) is 12.4. The first kappa shape index (κ1) is 35.6. The number of anilines is 1. The standard InChI is InChI=1S/C28H35N3O2S3.2C2H6/c1-7-27(21(4)20(2)3)36-30-28-29-24(18-34-28)19-35-31(16-22-8-12-25(32-5)13-9-22)17-23-10-14-26(33-6)15-11-23;2*1-2/h7-15,18H,16-17,19H2,1-6H3,(H,29,30);2*1-2H3/b27-7+;;. The topological polar surface area (TPSA) is 46.6 Å². The minimum Gasteiger partial charge on any atom is -0.497 e. The predicted molar refractivity (Wildman–Crippen MR) is 180 cm³/mol. The zero-order valence-electron chi connectivity index (χ0n) is 25.8. The van der Waals surface area contributed by atoms with Gasteiger partial charge in [-0.05, 0) is 80.6 Å². The van der Waals surface area contributed by atoms with Crippen molar-refractivity contribution in [2.75, 3.05) is 18.9 Å². The fraction of sp³-hybridized carbons (Fsp3) is 0.406. The van der Waals surface area contributed by atoms with E-state index in [0.717, 1.165) is 41.2 Å². The zero-order chi connectivity index (χ0) is 29.9. The molecule has 0 saturated heterocycles. The smallest absolute Gasteiger partial charge is 0.193 e. The number of rotatable bonds is 13. The molecule has 0 fully saturated rings. The molecule has 1 aromatic heterocycles. The van der Waals surface area contributed by atoms with Gasteiger partial charge in [-0.3, -0.25) is 0 Å². The molecule has 220 valence electrons. The van der Waals surface area contributed by atoms with Crippen molar-refractivity contribution in [2.45, 2.75) is 74.2 Å². The Morgan fingerprint density at radius 3 is 1.80 bits per heavy atom. The Kier molecular flexibility index (Phi) is 18.2. The van der Waals surface area contributed by atoms with Gasteiger partial charge in [0.05, 0.1) is 25.7 Å². The number of benzene rings is 2. The Morgan fingerprint density at radius 2 is 1.38 bits per heavy atom. The van der Waals surface area contributed by atoms with Crippen LogP contribution in [0.5, 0.6) is 11.5 Å². The number of nitrogens with zero attached hydrogens (tertiary/aromatic N) is 2. The second-order valence-corrected chi connectivity index (χ2v) is 11.2. The Morgan fingerprint density at radius 1 is 0.875 bits per heavy atom. The summed E-state index contributed by atoms with van der Waals surface area (Å²) in [6.45, 7) is 18.1. The zero-order valence-corrected chi connectivity index (χ0v) is 28.3. The van der Waals surface area contributed by atoms with E-state index in [-0.39, 0.29) is 0 Å². The first-order valence-corrected chi connectivity index (χ1v) is 16.4. The molecule has 0 bridgehead atoms. The average molecular weight is 602 g/mol.